The minimum absolute atomic E-state index is 0.212. The maximum absolute atomic E-state index is 11.9. The summed E-state index contributed by atoms with van der Waals surface area (Å²) >= 11 is 0. The third kappa shape index (κ3) is 5.28. The first-order chi connectivity index (χ1) is 8.97. The Hall–Kier alpha value is -0.950. The lowest BCUT2D eigenvalue weighted by Crippen LogP contribution is -2.25. The van der Waals surface area contributed by atoms with Crippen LogP contribution in [0.5, 0.6) is 0 Å². The van der Waals surface area contributed by atoms with Crippen LogP contribution in [0.15, 0.2) is 29.2 Å². The summed E-state index contributed by atoms with van der Waals surface area (Å²) in [6.45, 7) is 2.66. The quantitative estimate of drug-likeness (QED) is 0.710. The molecule has 1 unspecified atom stereocenters. The molecule has 0 heterocycles. The highest BCUT2D eigenvalue weighted by Crippen LogP contribution is 2.15. The van der Waals surface area contributed by atoms with Crippen LogP contribution >= 0.6 is 0 Å². The van der Waals surface area contributed by atoms with Gasteiger partial charge in [-0.15, -0.1) is 0 Å². The van der Waals surface area contributed by atoms with Crippen LogP contribution in [-0.4, -0.2) is 33.8 Å². The van der Waals surface area contributed by atoms with E-state index < -0.39 is 16.1 Å². The van der Waals surface area contributed by atoms with Crippen molar-refractivity contribution >= 4 is 10.0 Å². The molecule has 0 amide bonds. The summed E-state index contributed by atoms with van der Waals surface area (Å²) in [5, 5.41) is 9.36. The lowest BCUT2D eigenvalue weighted by molar-refractivity contribution is 0.193. The molecule has 2 N–H and O–H groups in total. The number of benzene rings is 1. The fraction of sp³-hybridized carbons (Fsp3) is 0.538. The van der Waals surface area contributed by atoms with Crippen molar-refractivity contribution in [3.63, 3.8) is 0 Å². The molecule has 1 atom stereocenters. The smallest absolute Gasteiger partial charge is 0.240 e. The molecule has 0 saturated carbocycles. The van der Waals surface area contributed by atoms with Crippen LogP contribution in [0.1, 0.15) is 31.4 Å². The maximum atomic E-state index is 11.9. The Morgan fingerprint density at radius 1 is 1.26 bits per heavy atom. The molecule has 19 heavy (non-hydrogen) atoms. The van der Waals surface area contributed by atoms with Gasteiger partial charge in [0.2, 0.25) is 10.0 Å². The van der Waals surface area contributed by atoms with Crippen molar-refractivity contribution in [2.75, 3.05) is 20.3 Å². The van der Waals surface area contributed by atoms with E-state index in [0.717, 1.165) is 12.8 Å². The molecule has 1 rings (SSSR count). The lowest BCUT2D eigenvalue weighted by atomic mass is 10.1. The minimum Gasteiger partial charge on any atom is -0.389 e. The third-order valence-electron chi connectivity index (χ3n) is 2.74. The Labute approximate surface area is 114 Å². The molecule has 0 aromatic heterocycles. The molecular weight excluding hydrogens is 266 g/mol. The topological polar surface area (TPSA) is 75.6 Å². The highest BCUT2D eigenvalue weighted by atomic mass is 32.2. The van der Waals surface area contributed by atoms with Crippen LogP contribution in [0.3, 0.4) is 0 Å². The zero-order chi connectivity index (χ0) is 14.3. The molecule has 108 valence electrons. The van der Waals surface area contributed by atoms with Gasteiger partial charge >= 0.3 is 0 Å². The molecule has 0 radical (unpaired) electrons. The van der Waals surface area contributed by atoms with E-state index in [1.165, 1.54) is 12.1 Å². The van der Waals surface area contributed by atoms with Crippen LogP contribution in [-0.2, 0) is 14.8 Å². The summed E-state index contributed by atoms with van der Waals surface area (Å²) in [7, 11) is -1.84. The summed E-state index contributed by atoms with van der Waals surface area (Å²) in [5.41, 5.74) is 0.694. The van der Waals surface area contributed by atoms with E-state index in [4.69, 9.17) is 4.74 Å². The molecule has 0 saturated heterocycles. The van der Waals surface area contributed by atoms with Crippen molar-refractivity contribution in [2.45, 2.75) is 30.8 Å². The minimum atomic E-state index is -3.46. The standard InChI is InChI=1S/C13H21NO4S/c1-11(15)12-5-7-13(8-6-12)19(16,17)14-9-3-4-10-18-2/h5-8,11,14-15H,3-4,9-10H2,1-2H3. The zero-order valence-corrected chi connectivity index (χ0v) is 12.1. The van der Waals surface area contributed by atoms with Gasteiger partial charge in [-0.1, -0.05) is 12.1 Å². The number of rotatable bonds is 8. The van der Waals surface area contributed by atoms with E-state index in [1.54, 1.807) is 26.2 Å². The largest absolute Gasteiger partial charge is 0.389 e. The van der Waals surface area contributed by atoms with Gasteiger partial charge < -0.3 is 9.84 Å². The summed E-state index contributed by atoms with van der Waals surface area (Å²) in [4.78, 5) is 0.212. The van der Waals surface area contributed by atoms with Crippen LogP contribution in [0.25, 0.3) is 0 Å². The Balaban J connectivity index is 2.57. The molecule has 0 aliphatic heterocycles. The molecule has 1 aromatic carbocycles. The normalized spacial score (nSPS) is 13.4. The molecular formula is C13H21NO4S. The molecule has 0 fully saturated rings. The molecule has 0 spiro atoms. The van der Waals surface area contributed by atoms with Gasteiger partial charge in [0, 0.05) is 20.3 Å². The highest BCUT2D eigenvalue weighted by molar-refractivity contribution is 7.89. The fourth-order valence-corrected chi connectivity index (χ4v) is 2.66. The van der Waals surface area contributed by atoms with Crippen LogP contribution in [0, 0.1) is 0 Å². The number of unbranched alkanes of at least 4 members (excludes halogenated alkanes) is 1. The van der Waals surface area contributed by atoms with E-state index in [0.29, 0.717) is 18.7 Å². The van der Waals surface area contributed by atoms with Crippen molar-refractivity contribution in [2.24, 2.45) is 0 Å². The summed E-state index contributed by atoms with van der Waals surface area (Å²) in [5.74, 6) is 0. The number of aliphatic hydroxyl groups excluding tert-OH is 1. The van der Waals surface area contributed by atoms with E-state index in [9.17, 15) is 13.5 Å². The summed E-state index contributed by atoms with van der Waals surface area (Å²) < 4.78 is 31.3. The van der Waals surface area contributed by atoms with Gasteiger partial charge in [-0.25, -0.2) is 13.1 Å². The average Bonchev–Trinajstić information content (AvgIpc) is 2.38. The Morgan fingerprint density at radius 2 is 1.89 bits per heavy atom. The first-order valence-electron chi connectivity index (χ1n) is 6.24. The molecule has 0 aliphatic rings. The first-order valence-corrected chi connectivity index (χ1v) is 7.72. The number of nitrogens with one attached hydrogen (secondary N) is 1. The van der Waals surface area contributed by atoms with Crippen molar-refractivity contribution in [1.82, 2.24) is 4.72 Å². The van der Waals surface area contributed by atoms with E-state index >= 15 is 0 Å². The summed E-state index contributed by atoms with van der Waals surface area (Å²) in [6.07, 6.45) is 0.956. The van der Waals surface area contributed by atoms with Crippen molar-refractivity contribution in [3.05, 3.63) is 29.8 Å². The maximum Gasteiger partial charge on any atom is 0.240 e. The van der Waals surface area contributed by atoms with Crippen LogP contribution in [0.4, 0.5) is 0 Å². The Bertz CT molecular complexity index is 468. The monoisotopic (exact) mass is 287 g/mol. The lowest BCUT2D eigenvalue weighted by Gasteiger charge is -2.08. The van der Waals surface area contributed by atoms with Gasteiger partial charge in [0.05, 0.1) is 11.0 Å². The molecule has 0 aliphatic carbocycles. The number of aliphatic hydroxyl groups is 1. The van der Waals surface area contributed by atoms with Gasteiger partial charge in [-0.05, 0) is 37.5 Å². The number of hydrogen-bond acceptors (Lipinski definition) is 4. The average molecular weight is 287 g/mol. The predicted octanol–water partition coefficient (Wildman–Crippen LogP) is 1.44. The number of hydrogen-bond donors (Lipinski definition) is 2. The van der Waals surface area contributed by atoms with Crippen molar-refractivity contribution in [1.29, 1.82) is 0 Å². The van der Waals surface area contributed by atoms with E-state index in [-0.39, 0.29) is 4.90 Å². The Kier molecular flexibility index (Phi) is 6.44. The number of methoxy groups -OCH3 is 1. The molecule has 5 nitrogen and oxygen atoms in total. The third-order valence-corrected chi connectivity index (χ3v) is 4.22. The van der Waals surface area contributed by atoms with Gasteiger partial charge in [-0.3, -0.25) is 0 Å². The van der Waals surface area contributed by atoms with Crippen molar-refractivity contribution < 1.29 is 18.3 Å². The van der Waals surface area contributed by atoms with Gasteiger partial charge in [0.15, 0.2) is 0 Å². The van der Waals surface area contributed by atoms with Crippen molar-refractivity contribution in [3.8, 4) is 0 Å². The van der Waals surface area contributed by atoms with Gasteiger partial charge in [0.1, 0.15) is 0 Å². The molecule has 0 bridgehead atoms. The van der Waals surface area contributed by atoms with Gasteiger partial charge in [0.25, 0.3) is 0 Å². The first kappa shape index (κ1) is 16.1. The van der Waals surface area contributed by atoms with E-state index in [2.05, 4.69) is 4.72 Å². The van der Waals surface area contributed by atoms with Gasteiger partial charge in [-0.2, -0.15) is 0 Å². The SMILES string of the molecule is COCCCCNS(=O)(=O)c1ccc(C(C)O)cc1. The number of ether oxygens (including phenoxy) is 1. The highest BCUT2D eigenvalue weighted by Gasteiger charge is 2.13. The van der Waals surface area contributed by atoms with E-state index in [1.807, 2.05) is 0 Å². The Morgan fingerprint density at radius 3 is 2.42 bits per heavy atom. The predicted molar refractivity (Wildman–Crippen MR) is 73.4 cm³/mol. The second-order valence-corrected chi connectivity index (χ2v) is 6.11. The second kappa shape index (κ2) is 7.59. The fourth-order valence-electron chi connectivity index (χ4n) is 1.59. The molecule has 1 aromatic rings. The second-order valence-electron chi connectivity index (χ2n) is 4.34. The summed E-state index contributed by atoms with van der Waals surface area (Å²) in [6, 6.07) is 6.23. The molecule has 6 heteroatoms. The van der Waals surface area contributed by atoms with Crippen LogP contribution in [0.2, 0.25) is 0 Å². The van der Waals surface area contributed by atoms with Crippen LogP contribution < -0.4 is 4.72 Å². The zero-order valence-electron chi connectivity index (χ0n) is 11.3. The number of sulfonamides is 1.